The molecule has 0 unspecified atom stereocenters. The molecule has 3 heterocycles. The van der Waals surface area contributed by atoms with Crippen molar-refractivity contribution in [3.63, 3.8) is 0 Å². The first-order chi connectivity index (χ1) is 12.5. The Morgan fingerprint density at radius 3 is 2.69 bits per heavy atom. The van der Waals surface area contributed by atoms with Gasteiger partial charge in [0.15, 0.2) is 16.0 Å². The summed E-state index contributed by atoms with van der Waals surface area (Å²) in [6.07, 6.45) is 3.10. The number of halogens is 2. The Morgan fingerprint density at radius 2 is 1.96 bits per heavy atom. The highest BCUT2D eigenvalue weighted by Gasteiger charge is 2.40. The first kappa shape index (κ1) is 17.1. The minimum absolute atomic E-state index is 0.0716. The highest BCUT2D eigenvalue weighted by molar-refractivity contribution is 7.22. The van der Waals surface area contributed by atoms with Crippen LogP contribution in [0.2, 0.25) is 5.15 Å². The first-order valence-corrected chi connectivity index (χ1v) is 9.32. The van der Waals surface area contributed by atoms with Gasteiger partial charge < -0.3 is 4.90 Å². The molecule has 1 aromatic carbocycles. The standard InChI is InChI=1S/C17H15ClFN5OS/c18-14-13(20-7-8-21-14)17(19)5-9-24(10-6-17)16(25)23-15-22-11-3-1-2-4-12(11)26-15/h1-4,7-8H,5-6,9-10H2,(H,22,23,25). The van der Waals surface area contributed by atoms with E-state index in [0.717, 1.165) is 10.2 Å². The van der Waals surface area contributed by atoms with Gasteiger partial charge in [-0.25, -0.2) is 19.2 Å². The SMILES string of the molecule is O=C(Nc1nc2ccccc2s1)N1CCC(F)(c2nccnc2Cl)CC1. The van der Waals surface area contributed by atoms with Crippen molar-refractivity contribution in [3.05, 3.63) is 47.5 Å². The minimum Gasteiger partial charge on any atom is -0.324 e. The Hall–Kier alpha value is -2.32. The number of fused-ring (bicyclic) bond motifs is 1. The fraction of sp³-hybridized carbons (Fsp3) is 0.294. The molecular weight excluding hydrogens is 377 g/mol. The van der Waals surface area contributed by atoms with Gasteiger partial charge in [-0.05, 0) is 12.1 Å². The minimum atomic E-state index is -1.67. The lowest BCUT2D eigenvalue weighted by molar-refractivity contribution is 0.0681. The van der Waals surface area contributed by atoms with Gasteiger partial charge in [-0.1, -0.05) is 35.1 Å². The van der Waals surface area contributed by atoms with E-state index < -0.39 is 5.67 Å². The number of anilines is 1. The van der Waals surface area contributed by atoms with Gasteiger partial charge in [0.2, 0.25) is 0 Å². The number of urea groups is 1. The van der Waals surface area contributed by atoms with Gasteiger partial charge >= 0.3 is 6.03 Å². The van der Waals surface area contributed by atoms with Gasteiger partial charge in [-0.2, -0.15) is 0 Å². The smallest absolute Gasteiger partial charge is 0.323 e. The molecule has 26 heavy (non-hydrogen) atoms. The Kier molecular flexibility index (Phi) is 4.46. The molecule has 1 fully saturated rings. The van der Waals surface area contributed by atoms with Gasteiger partial charge in [0.05, 0.1) is 10.2 Å². The average molecular weight is 392 g/mol. The Labute approximate surface area is 158 Å². The number of carbonyl (C=O) groups is 1. The summed E-state index contributed by atoms with van der Waals surface area (Å²) in [4.78, 5) is 26.4. The number of benzene rings is 1. The van der Waals surface area contributed by atoms with Gasteiger partial charge in [0.25, 0.3) is 0 Å². The lowest BCUT2D eigenvalue weighted by atomic mass is 9.90. The zero-order valence-electron chi connectivity index (χ0n) is 13.7. The van der Waals surface area contributed by atoms with Crippen LogP contribution in [0, 0.1) is 0 Å². The molecule has 0 aliphatic carbocycles. The quantitative estimate of drug-likeness (QED) is 0.709. The maximum Gasteiger partial charge on any atom is 0.323 e. The normalized spacial score (nSPS) is 16.6. The van der Waals surface area contributed by atoms with Crippen LogP contribution in [0.15, 0.2) is 36.7 Å². The van der Waals surface area contributed by atoms with Gasteiger partial charge in [-0.3, -0.25) is 10.3 Å². The predicted octanol–water partition coefficient (Wildman–Crippen LogP) is 4.23. The number of piperidine rings is 1. The molecule has 2 amide bonds. The number of alkyl halides is 1. The van der Waals surface area contributed by atoms with Crippen LogP contribution in [-0.4, -0.2) is 39.0 Å². The van der Waals surface area contributed by atoms with E-state index in [4.69, 9.17) is 11.6 Å². The zero-order chi connectivity index (χ0) is 18.1. The van der Waals surface area contributed by atoms with E-state index in [1.165, 1.54) is 23.7 Å². The van der Waals surface area contributed by atoms with Crippen LogP contribution in [0.3, 0.4) is 0 Å². The number of rotatable bonds is 2. The van der Waals surface area contributed by atoms with Gasteiger partial charge in [-0.15, -0.1) is 0 Å². The van der Waals surface area contributed by atoms with Gasteiger partial charge in [0, 0.05) is 38.3 Å². The molecule has 0 spiro atoms. The van der Waals surface area contributed by atoms with Crippen LogP contribution < -0.4 is 5.32 Å². The Morgan fingerprint density at radius 1 is 1.23 bits per heavy atom. The topological polar surface area (TPSA) is 71.0 Å². The van der Waals surface area contributed by atoms with E-state index >= 15 is 4.39 Å². The number of hydrogen-bond donors (Lipinski definition) is 1. The molecular formula is C17H15ClFN5OS. The van der Waals surface area contributed by atoms with E-state index in [1.54, 1.807) is 4.90 Å². The van der Waals surface area contributed by atoms with Crippen molar-refractivity contribution in [1.29, 1.82) is 0 Å². The largest absolute Gasteiger partial charge is 0.324 e. The summed E-state index contributed by atoms with van der Waals surface area (Å²) in [7, 11) is 0. The van der Waals surface area contributed by atoms with Crippen molar-refractivity contribution in [1.82, 2.24) is 19.9 Å². The molecule has 4 rings (SSSR count). The molecule has 0 bridgehead atoms. The second kappa shape index (κ2) is 6.77. The summed E-state index contributed by atoms with van der Waals surface area (Å²) in [5, 5.41) is 3.40. The molecule has 1 saturated heterocycles. The molecule has 0 atom stereocenters. The molecule has 3 aromatic rings. The number of nitrogens with zero attached hydrogens (tertiary/aromatic N) is 4. The highest BCUT2D eigenvalue weighted by atomic mass is 35.5. The van der Waals surface area contributed by atoms with Crippen LogP contribution in [0.4, 0.5) is 14.3 Å². The number of para-hydroxylation sites is 1. The second-order valence-electron chi connectivity index (χ2n) is 6.07. The molecule has 1 aliphatic heterocycles. The van der Waals surface area contributed by atoms with Crippen molar-refractivity contribution in [3.8, 4) is 0 Å². The molecule has 0 saturated carbocycles. The van der Waals surface area contributed by atoms with Crippen LogP contribution in [0.25, 0.3) is 10.2 Å². The predicted molar refractivity (Wildman–Crippen MR) is 99.3 cm³/mol. The molecule has 1 aliphatic rings. The van der Waals surface area contributed by atoms with Crippen LogP contribution in [-0.2, 0) is 5.67 Å². The van der Waals surface area contributed by atoms with E-state index in [0.29, 0.717) is 5.13 Å². The number of thiazole rings is 1. The third kappa shape index (κ3) is 3.22. The molecule has 1 N–H and O–H groups in total. The molecule has 6 nitrogen and oxygen atoms in total. The number of likely N-dealkylation sites (tertiary alicyclic amines) is 1. The van der Waals surface area contributed by atoms with E-state index in [-0.39, 0.29) is 42.8 Å². The van der Waals surface area contributed by atoms with Crippen molar-refractivity contribution in [2.75, 3.05) is 18.4 Å². The fourth-order valence-electron chi connectivity index (χ4n) is 3.02. The lowest BCUT2D eigenvalue weighted by Crippen LogP contribution is -2.45. The lowest BCUT2D eigenvalue weighted by Gasteiger charge is -2.35. The third-order valence-electron chi connectivity index (χ3n) is 4.43. The number of amides is 2. The summed E-state index contributed by atoms with van der Waals surface area (Å²) in [5.74, 6) is 0. The maximum absolute atomic E-state index is 15.2. The molecule has 9 heteroatoms. The van der Waals surface area contributed by atoms with Crippen molar-refractivity contribution in [2.24, 2.45) is 0 Å². The summed E-state index contributed by atoms with van der Waals surface area (Å²) in [5.41, 5.74) is -0.683. The fourth-order valence-corrected chi connectivity index (χ4v) is 4.15. The highest BCUT2D eigenvalue weighted by Crippen LogP contribution is 2.38. The number of carbonyl (C=O) groups excluding carboxylic acids is 1. The Balaban J connectivity index is 1.42. The molecule has 134 valence electrons. The molecule has 2 aromatic heterocycles. The average Bonchev–Trinajstić information content (AvgIpc) is 3.04. The zero-order valence-corrected chi connectivity index (χ0v) is 15.2. The third-order valence-corrected chi connectivity index (χ3v) is 5.66. The van der Waals surface area contributed by atoms with Crippen LogP contribution in [0.1, 0.15) is 18.5 Å². The van der Waals surface area contributed by atoms with Crippen molar-refractivity contribution >= 4 is 44.3 Å². The number of nitrogens with one attached hydrogen (secondary N) is 1. The van der Waals surface area contributed by atoms with E-state index in [1.807, 2.05) is 24.3 Å². The van der Waals surface area contributed by atoms with Gasteiger partial charge in [0.1, 0.15) is 5.69 Å². The van der Waals surface area contributed by atoms with E-state index in [2.05, 4.69) is 20.3 Å². The van der Waals surface area contributed by atoms with Crippen LogP contribution >= 0.6 is 22.9 Å². The summed E-state index contributed by atoms with van der Waals surface area (Å²) in [6.45, 7) is 0.528. The maximum atomic E-state index is 15.2. The van der Waals surface area contributed by atoms with Crippen molar-refractivity contribution in [2.45, 2.75) is 18.5 Å². The monoisotopic (exact) mass is 391 g/mol. The van der Waals surface area contributed by atoms with Crippen LogP contribution in [0.5, 0.6) is 0 Å². The van der Waals surface area contributed by atoms with Crippen molar-refractivity contribution < 1.29 is 9.18 Å². The van der Waals surface area contributed by atoms with E-state index in [9.17, 15) is 4.79 Å². The summed E-state index contributed by atoms with van der Waals surface area (Å²) < 4.78 is 16.2. The molecule has 0 radical (unpaired) electrons. The Bertz CT molecular complexity index is 924. The summed E-state index contributed by atoms with van der Waals surface area (Å²) in [6, 6.07) is 7.39. The second-order valence-corrected chi connectivity index (χ2v) is 7.45. The number of hydrogen-bond acceptors (Lipinski definition) is 5. The summed E-state index contributed by atoms with van der Waals surface area (Å²) >= 11 is 7.39. The number of aromatic nitrogens is 3. The first-order valence-electron chi connectivity index (χ1n) is 8.13.